The van der Waals surface area contributed by atoms with Gasteiger partial charge in [0.25, 0.3) is 0 Å². The summed E-state index contributed by atoms with van der Waals surface area (Å²) < 4.78 is 11.6. The zero-order valence-corrected chi connectivity index (χ0v) is 14.3. The van der Waals surface area contributed by atoms with Gasteiger partial charge in [-0.05, 0) is 58.3 Å². The normalized spacial score (nSPS) is 20.9. The Morgan fingerprint density at radius 2 is 2.05 bits per heavy atom. The van der Waals surface area contributed by atoms with Crippen molar-refractivity contribution in [2.45, 2.75) is 45.7 Å². The highest BCUT2D eigenvalue weighted by Gasteiger charge is 2.30. The summed E-state index contributed by atoms with van der Waals surface area (Å²) in [4.78, 5) is 0. The zero-order chi connectivity index (χ0) is 14.8. The summed E-state index contributed by atoms with van der Waals surface area (Å²) in [5.74, 6) is 1.52. The van der Waals surface area contributed by atoms with Crippen molar-refractivity contribution in [3.05, 3.63) is 22.2 Å². The standard InChI is InChI=1S/C16H24BrNO2/c1-16(2)6-5-12(9-16)18-10-11-7-13(17)15(20-4)14(8-11)19-3/h7-8,12,18H,5-6,9-10H2,1-4H3. The fourth-order valence-corrected chi connectivity index (χ4v) is 3.60. The van der Waals surface area contributed by atoms with Gasteiger partial charge in [-0.1, -0.05) is 13.8 Å². The molecule has 2 rings (SSSR count). The second-order valence-electron chi connectivity index (χ2n) is 6.30. The first kappa shape index (κ1) is 15.6. The molecular formula is C16H24BrNO2. The van der Waals surface area contributed by atoms with Crippen LogP contribution in [0, 0.1) is 5.41 Å². The maximum atomic E-state index is 5.38. The predicted molar refractivity (Wildman–Crippen MR) is 85.5 cm³/mol. The first-order chi connectivity index (χ1) is 9.45. The molecule has 0 amide bonds. The molecule has 4 heteroatoms. The van der Waals surface area contributed by atoms with E-state index in [9.17, 15) is 0 Å². The maximum absolute atomic E-state index is 5.38. The van der Waals surface area contributed by atoms with Gasteiger partial charge in [0, 0.05) is 12.6 Å². The monoisotopic (exact) mass is 341 g/mol. The van der Waals surface area contributed by atoms with E-state index in [4.69, 9.17) is 9.47 Å². The summed E-state index contributed by atoms with van der Waals surface area (Å²) in [7, 11) is 3.32. The van der Waals surface area contributed by atoms with Gasteiger partial charge in [0.2, 0.25) is 0 Å². The molecule has 0 heterocycles. The van der Waals surface area contributed by atoms with Crippen LogP contribution in [0.4, 0.5) is 0 Å². The molecule has 1 aliphatic carbocycles. The number of ether oxygens (including phenoxy) is 2. The Bertz CT molecular complexity index is 474. The minimum Gasteiger partial charge on any atom is -0.493 e. The lowest BCUT2D eigenvalue weighted by molar-refractivity contribution is 0.351. The fraction of sp³-hybridized carbons (Fsp3) is 0.625. The van der Waals surface area contributed by atoms with Crippen molar-refractivity contribution in [2.24, 2.45) is 5.41 Å². The lowest BCUT2D eigenvalue weighted by Gasteiger charge is -2.18. The quantitative estimate of drug-likeness (QED) is 0.873. The minimum atomic E-state index is 0.482. The largest absolute Gasteiger partial charge is 0.493 e. The van der Waals surface area contributed by atoms with E-state index in [1.165, 1.54) is 24.8 Å². The van der Waals surface area contributed by atoms with Crippen LogP contribution >= 0.6 is 15.9 Å². The molecule has 112 valence electrons. The Balaban J connectivity index is 2.02. The molecular weight excluding hydrogens is 318 g/mol. The molecule has 1 aromatic carbocycles. The first-order valence-electron chi connectivity index (χ1n) is 7.09. The van der Waals surface area contributed by atoms with E-state index in [1.54, 1.807) is 14.2 Å². The van der Waals surface area contributed by atoms with Crippen LogP contribution in [-0.4, -0.2) is 20.3 Å². The Kier molecular flexibility index (Phi) is 4.97. The second kappa shape index (κ2) is 6.35. The molecule has 0 bridgehead atoms. The Labute approximate surface area is 130 Å². The second-order valence-corrected chi connectivity index (χ2v) is 7.15. The molecule has 1 unspecified atom stereocenters. The fourth-order valence-electron chi connectivity index (χ4n) is 2.95. The van der Waals surface area contributed by atoms with Gasteiger partial charge in [-0.15, -0.1) is 0 Å². The predicted octanol–water partition coefficient (Wildman–Crippen LogP) is 4.13. The highest BCUT2D eigenvalue weighted by Crippen LogP contribution is 2.38. The highest BCUT2D eigenvalue weighted by molar-refractivity contribution is 9.10. The average Bonchev–Trinajstić information content (AvgIpc) is 2.75. The van der Waals surface area contributed by atoms with Crippen molar-refractivity contribution in [3.63, 3.8) is 0 Å². The van der Waals surface area contributed by atoms with Crippen LogP contribution in [0.1, 0.15) is 38.7 Å². The van der Waals surface area contributed by atoms with Crippen molar-refractivity contribution >= 4 is 15.9 Å². The van der Waals surface area contributed by atoms with E-state index in [1.807, 2.05) is 6.07 Å². The summed E-state index contributed by atoms with van der Waals surface area (Å²) in [6.07, 6.45) is 3.82. The summed E-state index contributed by atoms with van der Waals surface area (Å²) in [6, 6.07) is 4.75. The topological polar surface area (TPSA) is 30.5 Å². The number of hydrogen-bond acceptors (Lipinski definition) is 3. The zero-order valence-electron chi connectivity index (χ0n) is 12.8. The number of halogens is 1. The van der Waals surface area contributed by atoms with E-state index in [0.717, 1.165) is 22.5 Å². The Morgan fingerprint density at radius 3 is 2.60 bits per heavy atom. The third-order valence-corrected chi connectivity index (χ3v) is 4.65. The maximum Gasteiger partial charge on any atom is 0.174 e. The number of nitrogens with one attached hydrogen (secondary N) is 1. The molecule has 0 spiro atoms. The minimum absolute atomic E-state index is 0.482. The van der Waals surface area contributed by atoms with Gasteiger partial charge in [0.1, 0.15) is 0 Å². The molecule has 1 fully saturated rings. The summed E-state index contributed by atoms with van der Waals surface area (Å²) in [6.45, 7) is 5.56. The molecule has 1 aromatic rings. The van der Waals surface area contributed by atoms with Gasteiger partial charge < -0.3 is 14.8 Å². The third kappa shape index (κ3) is 3.67. The molecule has 0 saturated heterocycles. The molecule has 1 saturated carbocycles. The first-order valence-corrected chi connectivity index (χ1v) is 7.88. The summed E-state index contributed by atoms with van der Waals surface area (Å²) >= 11 is 3.54. The number of benzene rings is 1. The molecule has 1 aliphatic rings. The number of methoxy groups -OCH3 is 2. The Hall–Kier alpha value is -0.740. The average molecular weight is 342 g/mol. The SMILES string of the molecule is COc1cc(CNC2CCC(C)(C)C2)cc(Br)c1OC. The van der Waals surface area contributed by atoms with Crippen molar-refractivity contribution in [2.75, 3.05) is 14.2 Å². The van der Waals surface area contributed by atoms with Crippen molar-refractivity contribution in [1.82, 2.24) is 5.32 Å². The van der Waals surface area contributed by atoms with Crippen LogP contribution in [0.5, 0.6) is 11.5 Å². The number of rotatable bonds is 5. The van der Waals surface area contributed by atoms with Crippen LogP contribution in [0.2, 0.25) is 0 Å². The van der Waals surface area contributed by atoms with Gasteiger partial charge in [-0.2, -0.15) is 0 Å². The van der Waals surface area contributed by atoms with Crippen molar-refractivity contribution in [1.29, 1.82) is 0 Å². The van der Waals surface area contributed by atoms with Crippen LogP contribution < -0.4 is 14.8 Å². The van der Waals surface area contributed by atoms with Crippen molar-refractivity contribution < 1.29 is 9.47 Å². The van der Waals surface area contributed by atoms with Crippen LogP contribution in [0.15, 0.2) is 16.6 Å². The lowest BCUT2D eigenvalue weighted by atomic mass is 9.92. The van der Waals surface area contributed by atoms with E-state index >= 15 is 0 Å². The van der Waals surface area contributed by atoms with Gasteiger partial charge in [0.05, 0.1) is 18.7 Å². The molecule has 0 aromatic heterocycles. The van der Waals surface area contributed by atoms with Crippen LogP contribution in [-0.2, 0) is 6.54 Å². The smallest absolute Gasteiger partial charge is 0.174 e. The van der Waals surface area contributed by atoms with Crippen LogP contribution in [0.3, 0.4) is 0 Å². The lowest BCUT2D eigenvalue weighted by Crippen LogP contribution is -2.26. The molecule has 1 atom stereocenters. The highest BCUT2D eigenvalue weighted by atomic mass is 79.9. The van der Waals surface area contributed by atoms with Gasteiger partial charge in [0.15, 0.2) is 11.5 Å². The van der Waals surface area contributed by atoms with Gasteiger partial charge >= 0.3 is 0 Å². The van der Waals surface area contributed by atoms with Crippen LogP contribution in [0.25, 0.3) is 0 Å². The molecule has 3 nitrogen and oxygen atoms in total. The van der Waals surface area contributed by atoms with E-state index in [0.29, 0.717) is 11.5 Å². The van der Waals surface area contributed by atoms with E-state index in [-0.39, 0.29) is 0 Å². The molecule has 0 radical (unpaired) electrons. The molecule has 20 heavy (non-hydrogen) atoms. The van der Waals surface area contributed by atoms with Gasteiger partial charge in [-0.25, -0.2) is 0 Å². The third-order valence-electron chi connectivity index (χ3n) is 4.06. The Morgan fingerprint density at radius 1 is 1.30 bits per heavy atom. The summed E-state index contributed by atoms with van der Waals surface area (Å²) in [5, 5.41) is 3.65. The van der Waals surface area contributed by atoms with E-state index < -0.39 is 0 Å². The molecule has 0 aliphatic heterocycles. The van der Waals surface area contributed by atoms with E-state index in [2.05, 4.69) is 41.2 Å². The van der Waals surface area contributed by atoms with Crippen molar-refractivity contribution in [3.8, 4) is 11.5 Å². The summed E-state index contributed by atoms with van der Waals surface area (Å²) in [5.41, 5.74) is 1.69. The number of hydrogen-bond donors (Lipinski definition) is 1. The molecule has 1 N–H and O–H groups in total. The van der Waals surface area contributed by atoms with Gasteiger partial charge in [-0.3, -0.25) is 0 Å².